The van der Waals surface area contributed by atoms with Crippen molar-refractivity contribution in [2.75, 3.05) is 19.6 Å². The molecule has 0 aromatic heterocycles. The highest BCUT2D eigenvalue weighted by atomic mass is 15.2. The van der Waals surface area contributed by atoms with E-state index >= 15 is 0 Å². The molecule has 1 saturated carbocycles. The second kappa shape index (κ2) is 5.65. The third-order valence-electron chi connectivity index (χ3n) is 3.39. The first-order valence-electron chi connectivity index (χ1n) is 6.49. The summed E-state index contributed by atoms with van der Waals surface area (Å²) in [6, 6.07) is 2.93. The Morgan fingerprint density at radius 3 is 2.25 bits per heavy atom. The van der Waals surface area contributed by atoms with E-state index in [2.05, 4.69) is 44.0 Å². The van der Waals surface area contributed by atoms with Crippen LogP contribution >= 0.6 is 0 Å². The molecular weight excluding hydrogens is 198 g/mol. The van der Waals surface area contributed by atoms with Crippen molar-refractivity contribution in [3.63, 3.8) is 0 Å². The lowest BCUT2D eigenvalue weighted by Crippen LogP contribution is -2.56. The van der Waals surface area contributed by atoms with Gasteiger partial charge in [-0.05, 0) is 45.7 Å². The van der Waals surface area contributed by atoms with Crippen molar-refractivity contribution < 1.29 is 0 Å². The largest absolute Gasteiger partial charge is 0.301 e. The monoisotopic (exact) mass is 223 g/mol. The van der Waals surface area contributed by atoms with Crippen LogP contribution in [0.15, 0.2) is 0 Å². The van der Waals surface area contributed by atoms with Gasteiger partial charge in [0.15, 0.2) is 0 Å². The van der Waals surface area contributed by atoms with Crippen LogP contribution in [0.5, 0.6) is 0 Å². The van der Waals surface area contributed by atoms with E-state index in [1.165, 1.54) is 12.8 Å². The second-order valence-electron chi connectivity index (χ2n) is 5.12. The Kier molecular flexibility index (Phi) is 4.76. The molecule has 0 radical (unpaired) electrons. The number of hydrogen-bond donors (Lipinski definition) is 1. The fourth-order valence-corrected chi connectivity index (χ4v) is 2.34. The number of nitriles is 1. The van der Waals surface area contributed by atoms with Crippen LogP contribution in [0.2, 0.25) is 0 Å². The van der Waals surface area contributed by atoms with Crippen molar-refractivity contribution in [1.29, 1.82) is 5.26 Å². The molecule has 0 aromatic carbocycles. The van der Waals surface area contributed by atoms with E-state index in [0.717, 1.165) is 19.6 Å². The maximum Gasteiger partial charge on any atom is 0.122 e. The van der Waals surface area contributed by atoms with Crippen molar-refractivity contribution in [3.8, 4) is 6.07 Å². The van der Waals surface area contributed by atoms with Gasteiger partial charge >= 0.3 is 0 Å². The first-order chi connectivity index (χ1) is 7.57. The molecular formula is C13H25N3. The molecule has 1 fully saturated rings. The minimum absolute atomic E-state index is 0.319. The zero-order chi connectivity index (χ0) is 12.2. The first-order valence-corrected chi connectivity index (χ1v) is 6.49. The van der Waals surface area contributed by atoms with E-state index in [1.807, 2.05) is 0 Å². The van der Waals surface area contributed by atoms with Crippen LogP contribution in [0.25, 0.3) is 0 Å². The van der Waals surface area contributed by atoms with Gasteiger partial charge in [0.2, 0.25) is 0 Å². The molecule has 3 heteroatoms. The third-order valence-corrected chi connectivity index (χ3v) is 3.39. The molecule has 1 rings (SSSR count). The maximum absolute atomic E-state index is 9.54. The minimum atomic E-state index is -0.319. The van der Waals surface area contributed by atoms with Gasteiger partial charge in [0.05, 0.1) is 6.07 Å². The van der Waals surface area contributed by atoms with Gasteiger partial charge in [-0.25, -0.2) is 0 Å². The highest BCUT2D eigenvalue weighted by Crippen LogP contribution is 2.40. The predicted molar refractivity (Wildman–Crippen MR) is 67.1 cm³/mol. The summed E-state index contributed by atoms with van der Waals surface area (Å²) in [7, 11) is 0. The number of hydrogen-bond acceptors (Lipinski definition) is 3. The summed E-state index contributed by atoms with van der Waals surface area (Å²) >= 11 is 0. The van der Waals surface area contributed by atoms with Crippen LogP contribution in [0.1, 0.15) is 40.5 Å². The molecule has 0 aliphatic heterocycles. The molecule has 16 heavy (non-hydrogen) atoms. The van der Waals surface area contributed by atoms with Gasteiger partial charge in [0.25, 0.3) is 0 Å². The molecule has 92 valence electrons. The van der Waals surface area contributed by atoms with Gasteiger partial charge < -0.3 is 4.90 Å². The Balaban J connectivity index is 2.73. The fourth-order valence-electron chi connectivity index (χ4n) is 2.34. The van der Waals surface area contributed by atoms with Gasteiger partial charge in [-0.15, -0.1) is 0 Å². The van der Waals surface area contributed by atoms with E-state index in [1.54, 1.807) is 0 Å². The molecule has 0 saturated heterocycles. The highest BCUT2D eigenvalue weighted by Gasteiger charge is 2.46. The summed E-state index contributed by atoms with van der Waals surface area (Å²) in [5.41, 5.74) is -0.319. The van der Waals surface area contributed by atoms with Crippen LogP contribution in [0.4, 0.5) is 0 Å². The van der Waals surface area contributed by atoms with E-state index in [-0.39, 0.29) is 5.54 Å². The smallest absolute Gasteiger partial charge is 0.122 e. The Hall–Kier alpha value is -0.590. The summed E-state index contributed by atoms with van der Waals surface area (Å²) in [4.78, 5) is 2.34. The lowest BCUT2D eigenvalue weighted by molar-refractivity contribution is 0.202. The van der Waals surface area contributed by atoms with Crippen molar-refractivity contribution in [3.05, 3.63) is 0 Å². The van der Waals surface area contributed by atoms with Crippen LogP contribution in [-0.4, -0.2) is 36.1 Å². The third kappa shape index (κ3) is 3.20. The van der Waals surface area contributed by atoms with E-state index < -0.39 is 0 Å². The van der Waals surface area contributed by atoms with Gasteiger partial charge in [-0.2, -0.15) is 5.26 Å². The Bertz CT molecular complexity index is 248. The van der Waals surface area contributed by atoms with Gasteiger partial charge in [0, 0.05) is 12.6 Å². The number of rotatable bonds is 7. The van der Waals surface area contributed by atoms with E-state index in [4.69, 9.17) is 0 Å². The minimum Gasteiger partial charge on any atom is -0.301 e. The Morgan fingerprint density at radius 1 is 1.38 bits per heavy atom. The Labute approximate surface area is 99.8 Å². The average Bonchev–Trinajstić information content (AvgIpc) is 3.07. The predicted octanol–water partition coefficient (Wildman–Crippen LogP) is 2.00. The molecule has 1 aliphatic rings. The summed E-state index contributed by atoms with van der Waals surface area (Å²) in [6.07, 6.45) is 2.41. The molecule has 1 N–H and O–H groups in total. The highest BCUT2D eigenvalue weighted by molar-refractivity contribution is 5.17. The van der Waals surface area contributed by atoms with Gasteiger partial charge in [-0.3, -0.25) is 5.32 Å². The molecule has 0 bridgehead atoms. The molecule has 1 aliphatic carbocycles. The van der Waals surface area contributed by atoms with Gasteiger partial charge in [-0.1, -0.05) is 13.8 Å². The van der Waals surface area contributed by atoms with E-state index in [0.29, 0.717) is 12.0 Å². The SMILES string of the molecule is CCN(CC)CC(C#N)(NC(C)C)C1CC1. The van der Waals surface area contributed by atoms with Crippen molar-refractivity contribution in [2.45, 2.75) is 52.1 Å². The van der Waals surface area contributed by atoms with Crippen molar-refractivity contribution in [1.82, 2.24) is 10.2 Å². The fraction of sp³-hybridized carbons (Fsp3) is 0.923. The summed E-state index contributed by atoms with van der Waals surface area (Å²) in [5.74, 6) is 0.556. The zero-order valence-corrected chi connectivity index (χ0v) is 11.1. The lowest BCUT2D eigenvalue weighted by atomic mass is 9.93. The lowest BCUT2D eigenvalue weighted by Gasteiger charge is -2.35. The number of nitrogens with one attached hydrogen (secondary N) is 1. The standard InChI is InChI=1S/C13H25N3/c1-5-16(6-2)10-13(9-14,12-7-8-12)15-11(3)4/h11-12,15H,5-8,10H2,1-4H3. The molecule has 1 unspecified atom stereocenters. The number of nitrogens with zero attached hydrogens (tertiary/aromatic N) is 2. The average molecular weight is 223 g/mol. The molecule has 1 atom stereocenters. The molecule has 0 aromatic rings. The van der Waals surface area contributed by atoms with Crippen LogP contribution in [0, 0.1) is 17.2 Å². The molecule has 0 spiro atoms. The first kappa shape index (κ1) is 13.5. The number of likely N-dealkylation sites (N-methyl/N-ethyl adjacent to an activating group) is 1. The van der Waals surface area contributed by atoms with Crippen LogP contribution < -0.4 is 5.32 Å². The summed E-state index contributed by atoms with van der Waals surface area (Å²) in [5, 5.41) is 13.0. The normalized spacial score (nSPS) is 19.8. The van der Waals surface area contributed by atoms with E-state index in [9.17, 15) is 5.26 Å². The molecule has 0 amide bonds. The van der Waals surface area contributed by atoms with Crippen LogP contribution in [0.3, 0.4) is 0 Å². The topological polar surface area (TPSA) is 39.1 Å². The van der Waals surface area contributed by atoms with Crippen molar-refractivity contribution in [2.24, 2.45) is 5.92 Å². The Morgan fingerprint density at radius 2 is 1.94 bits per heavy atom. The maximum atomic E-state index is 9.54. The quantitative estimate of drug-likeness (QED) is 0.717. The second-order valence-corrected chi connectivity index (χ2v) is 5.12. The van der Waals surface area contributed by atoms with Crippen LogP contribution in [-0.2, 0) is 0 Å². The summed E-state index contributed by atoms with van der Waals surface area (Å²) in [6.45, 7) is 11.5. The van der Waals surface area contributed by atoms with Crippen molar-refractivity contribution >= 4 is 0 Å². The molecule has 3 nitrogen and oxygen atoms in total. The zero-order valence-electron chi connectivity index (χ0n) is 11.1. The summed E-state index contributed by atoms with van der Waals surface area (Å²) < 4.78 is 0. The van der Waals surface area contributed by atoms with Gasteiger partial charge in [0.1, 0.15) is 5.54 Å². The molecule has 0 heterocycles.